The van der Waals surface area contributed by atoms with Crippen LogP contribution in [0, 0.1) is 17.8 Å². The van der Waals surface area contributed by atoms with Crippen molar-refractivity contribution in [3.63, 3.8) is 0 Å². The van der Waals surface area contributed by atoms with Crippen LogP contribution in [-0.2, 0) is 0 Å². The summed E-state index contributed by atoms with van der Waals surface area (Å²) in [5.74, 6) is 1.60. The van der Waals surface area contributed by atoms with E-state index >= 15 is 0 Å². The zero-order valence-corrected chi connectivity index (χ0v) is 19.7. The maximum Gasteiger partial charge on any atom is 0.0611 e. The van der Waals surface area contributed by atoms with E-state index in [1.54, 1.807) is 11.1 Å². The first kappa shape index (κ1) is 24.4. The summed E-state index contributed by atoms with van der Waals surface area (Å²) in [5.41, 5.74) is 3.26. The fourth-order valence-corrected chi connectivity index (χ4v) is 5.17. The van der Waals surface area contributed by atoms with Gasteiger partial charge in [-0.2, -0.15) is 0 Å². The van der Waals surface area contributed by atoms with Crippen LogP contribution in [-0.4, -0.2) is 36.8 Å². The molecule has 0 amide bonds. The van der Waals surface area contributed by atoms with Gasteiger partial charge in [0.1, 0.15) is 0 Å². The number of allylic oxidation sites excluding steroid dienone is 5. The number of rotatable bonds is 14. The van der Waals surface area contributed by atoms with Crippen molar-refractivity contribution >= 4 is 0 Å². The number of unbranched alkanes of at least 4 members (excludes halogenated alkanes) is 4. The summed E-state index contributed by atoms with van der Waals surface area (Å²) in [5, 5.41) is 10.6. The first-order valence-corrected chi connectivity index (χ1v) is 12.4. The van der Waals surface area contributed by atoms with Crippen LogP contribution in [0.1, 0.15) is 90.9 Å². The fraction of sp³-hybridized carbons (Fsp3) is 0.778. The Morgan fingerprint density at radius 2 is 1.79 bits per heavy atom. The minimum absolute atomic E-state index is 0.151. The van der Waals surface area contributed by atoms with Gasteiger partial charge < -0.3 is 10.0 Å². The van der Waals surface area contributed by atoms with Crippen LogP contribution in [0.15, 0.2) is 35.5 Å². The lowest BCUT2D eigenvalue weighted by Crippen LogP contribution is -2.17. The van der Waals surface area contributed by atoms with Crippen LogP contribution in [0.4, 0.5) is 0 Å². The van der Waals surface area contributed by atoms with Crippen molar-refractivity contribution in [1.82, 2.24) is 4.90 Å². The molecule has 0 heterocycles. The Balaban J connectivity index is 1.83. The number of nitrogens with zero attached hydrogens (tertiary/aromatic N) is 1. The molecule has 166 valence electrons. The summed E-state index contributed by atoms with van der Waals surface area (Å²) in [7, 11) is 4.32. The molecular weight excluding hydrogens is 354 g/mol. The van der Waals surface area contributed by atoms with Crippen LogP contribution >= 0.6 is 0 Å². The zero-order chi connectivity index (χ0) is 21.1. The van der Waals surface area contributed by atoms with Crippen LogP contribution < -0.4 is 0 Å². The van der Waals surface area contributed by atoms with E-state index in [2.05, 4.69) is 57.1 Å². The van der Waals surface area contributed by atoms with E-state index in [-0.39, 0.29) is 6.10 Å². The van der Waals surface area contributed by atoms with Crippen molar-refractivity contribution in [2.24, 2.45) is 17.8 Å². The predicted octanol–water partition coefficient (Wildman–Crippen LogP) is 6.91. The van der Waals surface area contributed by atoms with E-state index in [4.69, 9.17) is 0 Å². The number of hydrogen-bond donors (Lipinski definition) is 1. The lowest BCUT2D eigenvalue weighted by Gasteiger charge is -2.18. The Morgan fingerprint density at radius 1 is 1.07 bits per heavy atom. The largest absolute Gasteiger partial charge is 0.392 e. The second-order valence-electron chi connectivity index (χ2n) is 9.77. The normalized spacial score (nSPS) is 26.3. The molecule has 2 aliphatic rings. The summed E-state index contributed by atoms with van der Waals surface area (Å²) in [6.07, 6.45) is 24.3. The third-order valence-electron chi connectivity index (χ3n) is 6.92. The predicted molar refractivity (Wildman–Crippen MR) is 127 cm³/mol. The molecule has 2 heteroatoms. The van der Waals surface area contributed by atoms with E-state index in [1.807, 2.05) is 0 Å². The Kier molecular flexibility index (Phi) is 11.3. The average molecular weight is 402 g/mol. The fourth-order valence-electron chi connectivity index (χ4n) is 5.17. The molecule has 29 heavy (non-hydrogen) atoms. The first-order valence-electron chi connectivity index (χ1n) is 12.4. The van der Waals surface area contributed by atoms with Crippen LogP contribution in [0.25, 0.3) is 0 Å². The summed E-state index contributed by atoms with van der Waals surface area (Å²) >= 11 is 0. The molecule has 0 aromatic rings. The molecule has 0 aromatic carbocycles. The number of hydrogen-bond acceptors (Lipinski definition) is 2. The third kappa shape index (κ3) is 8.42. The van der Waals surface area contributed by atoms with Crippen molar-refractivity contribution < 1.29 is 5.11 Å². The minimum Gasteiger partial charge on any atom is -0.392 e. The van der Waals surface area contributed by atoms with Gasteiger partial charge in [0, 0.05) is 5.92 Å². The summed E-state index contributed by atoms with van der Waals surface area (Å²) in [4.78, 5) is 2.28. The molecule has 1 fully saturated rings. The number of aliphatic hydroxyl groups is 1. The summed E-state index contributed by atoms with van der Waals surface area (Å²) < 4.78 is 0. The SMILES string of the molecule is CCCCC(=CC=C[C@@H]1[C@H]2CC(CCCCCN(C)C)=C[C@H]2C[C@H]1O)CCCC. The number of aliphatic hydroxyl groups excluding tert-OH is 1. The standard InChI is InChI=1S/C27H47NO/c1-5-7-13-22(14-8-6-2)16-12-17-25-26-20-23(19-24(26)21-27(25)29)15-10-9-11-18-28(3)4/h12,16-17,19,24-27,29H,5-11,13-15,18,20-21H2,1-4H3/t24-,25+,26-,27+/m0/s1. The highest BCUT2D eigenvalue weighted by atomic mass is 16.3. The molecule has 0 bridgehead atoms. The van der Waals surface area contributed by atoms with E-state index in [0.717, 1.165) is 6.42 Å². The molecule has 0 spiro atoms. The highest BCUT2D eigenvalue weighted by molar-refractivity contribution is 5.22. The van der Waals surface area contributed by atoms with E-state index < -0.39 is 0 Å². The molecule has 1 N–H and O–H groups in total. The van der Waals surface area contributed by atoms with Crippen LogP contribution in [0.5, 0.6) is 0 Å². The number of fused-ring (bicyclic) bond motifs is 1. The van der Waals surface area contributed by atoms with Gasteiger partial charge in [-0.3, -0.25) is 0 Å². The molecule has 0 aliphatic heterocycles. The Labute approximate surface area is 181 Å². The van der Waals surface area contributed by atoms with Crippen LogP contribution in [0.2, 0.25) is 0 Å². The second kappa shape index (κ2) is 13.4. The van der Waals surface area contributed by atoms with E-state index in [1.165, 1.54) is 77.2 Å². The topological polar surface area (TPSA) is 23.5 Å². The monoisotopic (exact) mass is 401 g/mol. The van der Waals surface area contributed by atoms with Crippen molar-refractivity contribution in [3.05, 3.63) is 35.5 Å². The van der Waals surface area contributed by atoms with Gasteiger partial charge in [0.05, 0.1) is 6.10 Å². The zero-order valence-electron chi connectivity index (χ0n) is 19.7. The lowest BCUT2D eigenvalue weighted by molar-refractivity contribution is 0.141. The highest BCUT2D eigenvalue weighted by Crippen LogP contribution is 2.48. The molecular formula is C27H47NO. The van der Waals surface area contributed by atoms with Gasteiger partial charge in [-0.25, -0.2) is 0 Å². The molecule has 1 saturated carbocycles. The van der Waals surface area contributed by atoms with Crippen molar-refractivity contribution in [1.29, 1.82) is 0 Å². The van der Waals surface area contributed by atoms with Crippen molar-refractivity contribution in [2.45, 2.75) is 97.0 Å². The quantitative estimate of drug-likeness (QED) is 0.194. The van der Waals surface area contributed by atoms with Gasteiger partial charge in [-0.15, -0.1) is 0 Å². The van der Waals surface area contributed by atoms with Gasteiger partial charge in [-0.05, 0) is 90.3 Å². The Morgan fingerprint density at radius 3 is 2.45 bits per heavy atom. The smallest absolute Gasteiger partial charge is 0.0611 e. The Bertz CT molecular complexity index is 535. The third-order valence-corrected chi connectivity index (χ3v) is 6.92. The maximum absolute atomic E-state index is 10.6. The van der Waals surface area contributed by atoms with Gasteiger partial charge in [0.15, 0.2) is 0 Å². The molecule has 0 saturated heterocycles. The molecule has 4 atom stereocenters. The van der Waals surface area contributed by atoms with Gasteiger partial charge >= 0.3 is 0 Å². The summed E-state index contributed by atoms with van der Waals surface area (Å²) in [6, 6.07) is 0. The highest BCUT2D eigenvalue weighted by Gasteiger charge is 2.42. The van der Waals surface area contributed by atoms with Gasteiger partial charge in [0.25, 0.3) is 0 Å². The average Bonchev–Trinajstić information content (AvgIpc) is 3.20. The molecule has 2 rings (SSSR count). The van der Waals surface area contributed by atoms with Gasteiger partial charge in [-0.1, -0.05) is 68.6 Å². The lowest BCUT2D eigenvalue weighted by atomic mass is 9.88. The van der Waals surface area contributed by atoms with E-state index in [0.29, 0.717) is 17.8 Å². The van der Waals surface area contributed by atoms with Crippen LogP contribution in [0.3, 0.4) is 0 Å². The molecule has 2 nitrogen and oxygen atoms in total. The van der Waals surface area contributed by atoms with Crippen molar-refractivity contribution in [3.8, 4) is 0 Å². The molecule has 0 unspecified atom stereocenters. The summed E-state index contributed by atoms with van der Waals surface area (Å²) in [6.45, 7) is 5.75. The minimum atomic E-state index is -0.151. The second-order valence-corrected chi connectivity index (χ2v) is 9.77. The van der Waals surface area contributed by atoms with Crippen molar-refractivity contribution in [2.75, 3.05) is 20.6 Å². The van der Waals surface area contributed by atoms with Gasteiger partial charge in [0.2, 0.25) is 0 Å². The Hall–Kier alpha value is -0.860. The maximum atomic E-state index is 10.6. The molecule has 0 radical (unpaired) electrons. The first-order chi connectivity index (χ1) is 14.0. The molecule has 2 aliphatic carbocycles. The van der Waals surface area contributed by atoms with E-state index in [9.17, 15) is 5.11 Å². The molecule has 0 aromatic heterocycles.